The lowest BCUT2D eigenvalue weighted by Crippen LogP contribution is -2.06. The molecule has 2 nitrogen and oxygen atoms in total. The lowest BCUT2D eigenvalue weighted by atomic mass is 10.0. The molecule has 0 radical (unpaired) electrons. The predicted octanol–water partition coefficient (Wildman–Crippen LogP) is 3.89. The Morgan fingerprint density at radius 3 is 2.37 bits per heavy atom. The number of aromatic nitrogens is 1. The molecular weight excluding hydrogens is 255 g/mol. The predicted molar refractivity (Wildman–Crippen MR) is 64.8 cm³/mol. The van der Waals surface area contributed by atoms with Gasteiger partial charge in [0.2, 0.25) is 0 Å². The van der Waals surface area contributed by atoms with Gasteiger partial charge in [-0.3, -0.25) is 9.78 Å². The first-order valence-electron chi connectivity index (χ1n) is 5.50. The third kappa shape index (κ3) is 2.99. The van der Waals surface area contributed by atoms with Crippen molar-refractivity contribution in [3.63, 3.8) is 0 Å². The molecule has 0 fully saturated rings. The Hall–Kier alpha value is -2.17. The lowest BCUT2D eigenvalue weighted by molar-refractivity contribution is -0.137. The van der Waals surface area contributed by atoms with Crippen molar-refractivity contribution < 1.29 is 18.0 Å². The van der Waals surface area contributed by atoms with Crippen molar-refractivity contribution in [2.24, 2.45) is 0 Å². The summed E-state index contributed by atoms with van der Waals surface area (Å²) in [5.74, 6) is 0. The van der Waals surface area contributed by atoms with E-state index < -0.39 is 11.7 Å². The maximum atomic E-state index is 12.7. The molecule has 0 aliphatic carbocycles. The normalized spacial score (nSPS) is 11.4. The van der Waals surface area contributed by atoms with E-state index in [4.69, 9.17) is 0 Å². The van der Waals surface area contributed by atoms with Crippen LogP contribution in [0, 0.1) is 6.92 Å². The van der Waals surface area contributed by atoms with Gasteiger partial charge in [0.1, 0.15) is 6.29 Å². The molecule has 19 heavy (non-hydrogen) atoms. The number of hydrogen-bond acceptors (Lipinski definition) is 2. The third-order valence-electron chi connectivity index (χ3n) is 2.66. The van der Waals surface area contributed by atoms with E-state index in [-0.39, 0.29) is 5.56 Å². The van der Waals surface area contributed by atoms with Gasteiger partial charge in [0.25, 0.3) is 0 Å². The topological polar surface area (TPSA) is 30.0 Å². The van der Waals surface area contributed by atoms with Gasteiger partial charge in [-0.25, -0.2) is 0 Å². The molecule has 0 N–H and O–H groups in total. The summed E-state index contributed by atoms with van der Waals surface area (Å²) in [4.78, 5) is 14.8. The number of aldehydes is 1. The zero-order valence-corrected chi connectivity index (χ0v) is 10.0. The summed E-state index contributed by atoms with van der Waals surface area (Å²) >= 11 is 0. The summed E-state index contributed by atoms with van der Waals surface area (Å²) in [6, 6.07) is 6.63. The first-order chi connectivity index (χ1) is 8.90. The Morgan fingerprint density at radius 1 is 1.11 bits per heavy atom. The van der Waals surface area contributed by atoms with Crippen LogP contribution in [-0.4, -0.2) is 11.3 Å². The standard InChI is InChI=1S/C14H10F3NO/c1-9-2-3-11(7-18-9)12-4-10(8-19)5-13(6-12)14(15,16)17/h2-8H,1H3. The van der Waals surface area contributed by atoms with Crippen molar-refractivity contribution in [2.45, 2.75) is 13.1 Å². The van der Waals surface area contributed by atoms with Gasteiger partial charge in [-0.15, -0.1) is 0 Å². The monoisotopic (exact) mass is 265 g/mol. The van der Waals surface area contributed by atoms with E-state index >= 15 is 0 Å². The third-order valence-corrected chi connectivity index (χ3v) is 2.66. The number of aryl methyl sites for hydroxylation is 1. The number of carbonyl (C=O) groups is 1. The summed E-state index contributed by atoms with van der Waals surface area (Å²) < 4.78 is 38.2. The number of hydrogen-bond donors (Lipinski definition) is 0. The Balaban J connectivity index is 2.57. The Kier molecular flexibility index (Phi) is 3.38. The number of rotatable bonds is 2. The SMILES string of the molecule is Cc1ccc(-c2cc(C=O)cc(C(F)(F)F)c2)cn1. The highest BCUT2D eigenvalue weighted by atomic mass is 19.4. The maximum Gasteiger partial charge on any atom is 0.416 e. The molecule has 1 aromatic carbocycles. The van der Waals surface area contributed by atoms with Crippen molar-refractivity contribution in [2.75, 3.05) is 0 Å². The molecule has 5 heteroatoms. The van der Waals surface area contributed by atoms with E-state index in [9.17, 15) is 18.0 Å². The first-order valence-corrected chi connectivity index (χ1v) is 5.50. The van der Waals surface area contributed by atoms with Crippen molar-refractivity contribution in [3.8, 4) is 11.1 Å². The van der Waals surface area contributed by atoms with Crippen LogP contribution < -0.4 is 0 Å². The summed E-state index contributed by atoms with van der Waals surface area (Å²) in [7, 11) is 0. The molecule has 0 aliphatic rings. The number of alkyl halides is 3. The molecule has 0 atom stereocenters. The van der Waals surface area contributed by atoms with Crippen molar-refractivity contribution in [1.82, 2.24) is 4.98 Å². The van der Waals surface area contributed by atoms with Crippen LogP contribution in [0.25, 0.3) is 11.1 Å². The van der Waals surface area contributed by atoms with Crippen molar-refractivity contribution in [3.05, 3.63) is 53.3 Å². The van der Waals surface area contributed by atoms with Gasteiger partial charge in [-0.05, 0) is 36.8 Å². The molecule has 0 unspecified atom stereocenters. The number of benzene rings is 1. The summed E-state index contributed by atoms with van der Waals surface area (Å²) in [5, 5.41) is 0. The van der Waals surface area contributed by atoms with Gasteiger partial charge in [-0.1, -0.05) is 6.07 Å². The Labute approximate surface area is 107 Å². The van der Waals surface area contributed by atoms with Crippen LogP contribution in [0.1, 0.15) is 21.6 Å². The van der Waals surface area contributed by atoms with Gasteiger partial charge < -0.3 is 0 Å². The van der Waals surface area contributed by atoms with Crippen LogP contribution >= 0.6 is 0 Å². The fraction of sp³-hybridized carbons (Fsp3) is 0.143. The van der Waals surface area contributed by atoms with Gasteiger partial charge >= 0.3 is 6.18 Å². The number of carbonyl (C=O) groups excluding carboxylic acids is 1. The molecule has 0 aliphatic heterocycles. The molecule has 0 spiro atoms. The zero-order valence-electron chi connectivity index (χ0n) is 10.0. The second-order valence-electron chi connectivity index (χ2n) is 4.15. The highest BCUT2D eigenvalue weighted by Gasteiger charge is 2.31. The van der Waals surface area contributed by atoms with Crippen LogP contribution in [-0.2, 0) is 6.18 Å². The van der Waals surface area contributed by atoms with Crippen LogP contribution in [0.2, 0.25) is 0 Å². The highest BCUT2D eigenvalue weighted by Crippen LogP contribution is 2.33. The molecule has 2 rings (SSSR count). The fourth-order valence-corrected chi connectivity index (χ4v) is 1.69. The largest absolute Gasteiger partial charge is 0.416 e. The summed E-state index contributed by atoms with van der Waals surface area (Å²) in [6.45, 7) is 1.78. The molecule has 0 saturated carbocycles. The number of pyridine rings is 1. The minimum atomic E-state index is -4.48. The van der Waals surface area contributed by atoms with Crippen LogP contribution in [0.3, 0.4) is 0 Å². The zero-order chi connectivity index (χ0) is 14.0. The molecule has 1 aromatic heterocycles. The van der Waals surface area contributed by atoms with E-state index in [0.717, 1.165) is 17.8 Å². The van der Waals surface area contributed by atoms with E-state index in [2.05, 4.69) is 4.98 Å². The molecule has 98 valence electrons. The average molecular weight is 265 g/mol. The second-order valence-corrected chi connectivity index (χ2v) is 4.15. The molecule has 0 saturated heterocycles. The van der Waals surface area contributed by atoms with Gasteiger partial charge in [-0.2, -0.15) is 13.2 Å². The van der Waals surface area contributed by atoms with Crippen LogP contribution in [0.5, 0.6) is 0 Å². The van der Waals surface area contributed by atoms with E-state index in [1.165, 1.54) is 12.3 Å². The molecular formula is C14H10F3NO. The Morgan fingerprint density at radius 2 is 1.84 bits per heavy atom. The van der Waals surface area contributed by atoms with Gasteiger partial charge in [0, 0.05) is 23.0 Å². The summed E-state index contributed by atoms with van der Waals surface area (Å²) in [5.41, 5.74) is 0.786. The second kappa shape index (κ2) is 4.84. The van der Waals surface area contributed by atoms with Gasteiger partial charge in [0.15, 0.2) is 0 Å². The smallest absolute Gasteiger partial charge is 0.298 e. The molecule has 0 amide bonds. The van der Waals surface area contributed by atoms with E-state index in [1.807, 2.05) is 0 Å². The maximum absolute atomic E-state index is 12.7. The molecule has 0 bridgehead atoms. The quantitative estimate of drug-likeness (QED) is 0.771. The number of halogens is 3. The van der Waals surface area contributed by atoms with E-state index in [0.29, 0.717) is 17.4 Å². The molecule has 1 heterocycles. The van der Waals surface area contributed by atoms with Crippen LogP contribution in [0.15, 0.2) is 36.5 Å². The number of nitrogens with zero attached hydrogens (tertiary/aromatic N) is 1. The Bertz CT molecular complexity index is 603. The van der Waals surface area contributed by atoms with Crippen LogP contribution in [0.4, 0.5) is 13.2 Å². The fourth-order valence-electron chi connectivity index (χ4n) is 1.69. The molecule has 2 aromatic rings. The minimum Gasteiger partial charge on any atom is -0.298 e. The van der Waals surface area contributed by atoms with E-state index in [1.54, 1.807) is 19.1 Å². The average Bonchev–Trinajstić information content (AvgIpc) is 2.38. The first kappa shape index (κ1) is 13.3. The van der Waals surface area contributed by atoms with Crippen molar-refractivity contribution in [1.29, 1.82) is 0 Å². The van der Waals surface area contributed by atoms with Gasteiger partial charge in [0.05, 0.1) is 5.56 Å². The van der Waals surface area contributed by atoms with Crippen molar-refractivity contribution >= 4 is 6.29 Å². The highest BCUT2D eigenvalue weighted by molar-refractivity contribution is 5.79. The summed E-state index contributed by atoms with van der Waals surface area (Å²) in [6.07, 6.45) is -2.59. The minimum absolute atomic E-state index is 0.00889. The lowest BCUT2D eigenvalue weighted by Gasteiger charge is -2.10.